The van der Waals surface area contributed by atoms with Gasteiger partial charge in [0.1, 0.15) is 18.0 Å². The third-order valence-electron chi connectivity index (χ3n) is 4.00. The Balaban J connectivity index is 1.80. The van der Waals surface area contributed by atoms with Crippen molar-refractivity contribution >= 4 is 5.91 Å². The molecule has 1 atom stereocenters. The van der Waals surface area contributed by atoms with Crippen molar-refractivity contribution in [3.63, 3.8) is 0 Å². The van der Waals surface area contributed by atoms with Gasteiger partial charge in [0.05, 0.1) is 12.5 Å². The minimum Gasteiger partial charge on any atom is -0.332 e. The van der Waals surface area contributed by atoms with E-state index < -0.39 is 17.5 Å². The van der Waals surface area contributed by atoms with Crippen molar-refractivity contribution in [1.29, 1.82) is 0 Å². The number of amides is 1. The van der Waals surface area contributed by atoms with Crippen LogP contribution in [0.1, 0.15) is 36.7 Å². The maximum atomic E-state index is 13.7. The summed E-state index contributed by atoms with van der Waals surface area (Å²) >= 11 is 0. The maximum absolute atomic E-state index is 13.7. The lowest BCUT2D eigenvalue weighted by molar-refractivity contribution is -0.134. The highest BCUT2D eigenvalue weighted by atomic mass is 19.2. The SMILES string of the molecule is O=C(Cc1cc(F)c(F)cc1F)N1CCCC[C@H]1c1ncn[nH]1. The highest BCUT2D eigenvalue weighted by Gasteiger charge is 2.30. The van der Waals surface area contributed by atoms with Gasteiger partial charge >= 0.3 is 0 Å². The molecule has 1 aliphatic rings. The molecule has 0 aliphatic carbocycles. The number of H-pyrrole nitrogens is 1. The minimum atomic E-state index is -1.27. The van der Waals surface area contributed by atoms with Gasteiger partial charge in [0.15, 0.2) is 11.6 Å². The van der Waals surface area contributed by atoms with Crippen LogP contribution in [0.5, 0.6) is 0 Å². The molecule has 8 heteroatoms. The maximum Gasteiger partial charge on any atom is 0.227 e. The number of rotatable bonds is 3. The zero-order valence-electron chi connectivity index (χ0n) is 12.2. The Labute approximate surface area is 130 Å². The fourth-order valence-electron chi connectivity index (χ4n) is 2.85. The number of halogens is 3. The van der Waals surface area contributed by atoms with Crippen LogP contribution < -0.4 is 0 Å². The summed E-state index contributed by atoms with van der Waals surface area (Å²) in [5.74, 6) is -3.14. The van der Waals surface area contributed by atoms with E-state index in [-0.39, 0.29) is 23.9 Å². The lowest BCUT2D eigenvalue weighted by Gasteiger charge is -2.34. The van der Waals surface area contributed by atoms with E-state index in [1.165, 1.54) is 6.33 Å². The van der Waals surface area contributed by atoms with Gasteiger partial charge in [0, 0.05) is 18.2 Å². The van der Waals surface area contributed by atoms with Crippen LogP contribution in [0.3, 0.4) is 0 Å². The summed E-state index contributed by atoms with van der Waals surface area (Å²) < 4.78 is 40.0. The second-order valence-corrected chi connectivity index (χ2v) is 5.50. The highest BCUT2D eigenvalue weighted by Crippen LogP contribution is 2.29. The smallest absolute Gasteiger partial charge is 0.227 e. The summed E-state index contributed by atoms with van der Waals surface area (Å²) in [7, 11) is 0. The normalized spacial score (nSPS) is 18.2. The molecule has 1 fully saturated rings. The van der Waals surface area contributed by atoms with Gasteiger partial charge < -0.3 is 4.90 Å². The Morgan fingerprint density at radius 2 is 2.00 bits per heavy atom. The topological polar surface area (TPSA) is 61.9 Å². The van der Waals surface area contributed by atoms with Gasteiger partial charge in [-0.05, 0) is 25.3 Å². The molecule has 23 heavy (non-hydrogen) atoms. The highest BCUT2D eigenvalue weighted by molar-refractivity contribution is 5.79. The molecule has 0 spiro atoms. The molecule has 0 unspecified atom stereocenters. The van der Waals surface area contributed by atoms with Crippen LogP contribution in [0, 0.1) is 17.5 Å². The first-order valence-electron chi connectivity index (χ1n) is 7.34. The summed E-state index contributed by atoms with van der Waals surface area (Å²) in [4.78, 5) is 18.2. The molecule has 0 bridgehead atoms. The molecule has 1 N–H and O–H groups in total. The lowest BCUT2D eigenvalue weighted by atomic mass is 10.00. The summed E-state index contributed by atoms with van der Waals surface area (Å²) in [5, 5.41) is 6.53. The van der Waals surface area contributed by atoms with Crippen LogP contribution in [0.25, 0.3) is 0 Å². The van der Waals surface area contributed by atoms with Crippen molar-refractivity contribution in [3.05, 3.63) is 47.3 Å². The van der Waals surface area contributed by atoms with E-state index in [1.54, 1.807) is 4.90 Å². The van der Waals surface area contributed by atoms with Gasteiger partial charge in [-0.2, -0.15) is 5.10 Å². The van der Waals surface area contributed by atoms with E-state index in [0.717, 1.165) is 25.3 Å². The van der Waals surface area contributed by atoms with Crippen LogP contribution in [-0.4, -0.2) is 32.5 Å². The molecule has 1 amide bonds. The summed E-state index contributed by atoms with van der Waals surface area (Å²) in [6, 6.07) is 0.935. The molecule has 2 heterocycles. The quantitative estimate of drug-likeness (QED) is 0.883. The number of nitrogens with zero attached hydrogens (tertiary/aromatic N) is 3. The van der Waals surface area contributed by atoms with Crippen molar-refractivity contribution in [1.82, 2.24) is 20.1 Å². The van der Waals surface area contributed by atoms with Gasteiger partial charge in [-0.3, -0.25) is 9.89 Å². The van der Waals surface area contributed by atoms with E-state index in [0.29, 0.717) is 18.4 Å². The molecular weight excluding hydrogens is 309 g/mol. The van der Waals surface area contributed by atoms with Gasteiger partial charge in [0.25, 0.3) is 0 Å². The first kappa shape index (κ1) is 15.5. The van der Waals surface area contributed by atoms with Crippen molar-refractivity contribution in [3.8, 4) is 0 Å². The minimum absolute atomic E-state index is 0.157. The fraction of sp³-hybridized carbons (Fsp3) is 0.400. The zero-order valence-corrected chi connectivity index (χ0v) is 12.2. The largest absolute Gasteiger partial charge is 0.332 e. The molecule has 122 valence electrons. The van der Waals surface area contributed by atoms with E-state index in [9.17, 15) is 18.0 Å². The second-order valence-electron chi connectivity index (χ2n) is 5.50. The Kier molecular flexibility index (Phi) is 4.31. The number of nitrogens with one attached hydrogen (secondary N) is 1. The summed E-state index contributed by atoms with van der Waals surface area (Å²) in [6.07, 6.45) is 3.53. The average molecular weight is 324 g/mol. The number of carbonyl (C=O) groups is 1. The Bertz CT molecular complexity index is 705. The number of likely N-dealkylation sites (tertiary alicyclic amines) is 1. The Hall–Kier alpha value is -2.38. The van der Waals surface area contributed by atoms with Gasteiger partial charge in [-0.15, -0.1) is 0 Å². The first-order chi connectivity index (χ1) is 11.1. The van der Waals surface area contributed by atoms with Crippen molar-refractivity contribution < 1.29 is 18.0 Å². The van der Waals surface area contributed by atoms with Crippen LogP contribution in [-0.2, 0) is 11.2 Å². The number of piperidine rings is 1. The van der Waals surface area contributed by atoms with Gasteiger partial charge in [0.2, 0.25) is 5.91 Å². The number of aromatic nitrogens is 3. The standard InChI is InChI=1S/C15H15F3N4O/c16-10-7-12(18)11(17)5-9(10)6-14(23)22-4-2-1-3-13(22)15-19-8-20-21-15/h5,7-8,13H,1-4,6H2,(H,19,20,21)/t13-/m0/s1. The van der Waals surface area contributed by atoms with E-state index in [4.69, 9.17) is 0 Å². The monoisotopic (exact) mass is 324 g/mol. The number of aromatic amines is 1. The molecule has 1 aromatic heterocycles. The average Bonchev–Trinajstić information content (AvgIpc) is 3.07. The van der Waals surface area contributed by atoms with Crippen molar-refractivity contribution in [2.75, 3.05) is 6.54 Å². The molecule has 1 aromatic carbocycles. The van der Waals surface area contributed by atoms with E-state index >= 15 is 0 Å². The predicted molar refractivity (Wildman–Crippen MR) is 74.7 cm³/mol. The molecule has 2 aromatic rings. The van der Waals surface area contributed by atoms with Crippen molar-refractivity contribution in [2.45, 2.75) is 31.7 Å². The van der Waals surface area contributed by atoms with Gasteiger partial charge in [-0.1, -0.05) is 0 Å². The molecule has 1 aliphatic heterocycles. The first-order valence-corrected chi connectivity index (χ1v) is 7.34. The molecule has 1 saturated heterocycles. The summed E-state index contributed by atoms with van der Waals surface area (Å²) in [5.41, 5.74) is -0.157. The summed E-state index contributed by atoms with van der Waals surface area (Å²) in [6.45, 7) is 0.509. The third-order valence-corrected chi connectivity index (χ3v) is 4.00. The van der Waals surface area contributed by atoms with Crippen LogP contribution in [0.2, 0.25) is 0 Å². The van der Waals surface area contributed by atoms with Crippen LogP contribution >= 0.6 is 0 Å². The Morgan fingerprint density at radius 3 is 2.74 bits per heavy atom. The van der Waals surface area contributed by atoms with Crippen molar-refractivity contribution in [2.24, 2.45) is 0 Å². The van der Waals surface area contributed by atoms with Crippen LogP contribution in [0.15, 0.2) is 18.5 Å². The number of hydrogen-bond acceptors (Lipinski definition) is 3. The Morgan fingerprint density at radius 1 is 1.22 bits per heavy atom. The molecule has 0 radical (unpaired) electrons. The zero-order chi connectivity index (χ0) is 16.4. The number of benzene rings is 1. The molecule has 3 rings (SSSR count). The third kappa shape index (κ3) is 3.20. The second kappa shape index (κ2) is 6.39. The number of hydrogen-bond donors (Lipinski definition) is 1. The molecule has 5 nitrogen and oxygen atoms in total. The molecular formula is C15H15F3N4O. The van der Waals surface area contributed by atoms with Crippen LogP contribution in [0.4, 0.5) is 13.2 Å². The van der Waals surface area contributed by atoms with Gasteiger partial charge in [-0.25, -0.2) is 18.2 Å². The fourth-order valence-corrected chi connectivity index (χ4v) is 2.85. The van der Waals surface area contributed by atoms with E-state index in [1.807, 2.05) is 0 Å². The number of carbonyl (C=O) groups excluding carboxylic acids is 1. The molecule has 0 saturated carbocycles. The van der Waals surface area contributed by atoms with E-state index in [2.05, 4.69) is 15.2 Å². The lowest BCUT2D eigenvalue weighted by Crippen LogP contribution is -2.40. The predicted octanol–water partition coefficient (Wildman–Crippen LogP) is 2.52.